The molecule has 1 amide bonds. The van der Waals surface area contributed by atoms with Crippen LogP contribution in [0.3, 0.4) is 0 Å². The smallest absolute Gasteiger partial charge is 0.280 e. The highest BCUT2D eigenvalue weighted by molar-refractivity contribution is 9.10. The number of hydrogen-bond donors (Lipinski definition) is 2. The standard InChI is InChI=1S/C18H15Br2N3O2/c1-11(25-15-5-2-13(19)3-6-15)18(24)23-22-10-12-9-21-17-7-4-14(20)8-16(12)17/h2-11,21H,1H3,(H,23,24). The summed E-state index contributed by atoms with van der Waals surface area (Å²) in [6, 6.07) is 13.2. The molecule has 0 radical (unpaired) electrons. The molecule has 0 saturated heterocycles. The summed E-state index contributed by atoms with van der Waals surface area (Å²) in [5.74, 6) is 0.302. The maximum atomic E-state index is 12.1. The van der Waals surface area contributed by atoms with Crippen molar-refractivity contribution < 1.29 is 9.53 Å². The Kier molecular flexibility index (Phi) is 5.55. The van der Waals surface area contributed by atoms with E-state index < -0.39 is 6.10 Å². The summed E-state index contributed by atoms with van der Waals surface area (Å²) in [7, 11) is 0. The highest BCUT2D eigenvalue weighted by Gasteiger charge is 2.13. The first-order valence-electron chi connectivity index (χ1n) is 7.55. The molecule has 2 N–H and O–H groups in total. The number of nitrogens with one attached hydrogen (secondary N) is 2. The SMILES string of the molecule is CC(Oc1ccc(Br)cc1)C(=O)NN=Cc1c[nH]c2ccc(Br)cc12. The van der Waals surface area contributed by atoms with Crippen LogP contribution >= 0.6 is 31.9 Å². The number of hydrogen-bond acceptors (Lipinski definition) is 3. The van der Waals surface area contributed by atoms with Gasteiger partial charge in [-0.3, -0.25) is 4.79 Å². The van der Waals surface area contributed by atoms with Crippen LogP contribution in [0.4, 0.5) is 0 Å². The number of nitrogens with zero attached hydrogens (tertiary/aromatic N) is 1. The van der Waals surface area contributed by atoms with E-state index in [2.05, 4.69) is 47.4 Å². The molecule has 3 aromatic rings. The Labute approximate surface area is 161 Å². The van der Waals surface area contributed by atoms with Crippen molar-refractivity contribution in [2.24, 2.45) is 5.10 Å². The Morgan fingerprint density at radius 3 is 2.68 bits per heavy atom. The molecule has 2 aromatic carbocycles. The highest BCUT2D eigenvalue weighted by atomic mass is 79.9. The quantitative estimate of drug-likeness (QED) is 0.427. The molecule has 25 heavy (non-hydrogen) atoms. The van der Waals surface area contributed by atoms with E-state index in [-0.39, 0.29) is 5.91 Å². The number of hydrazone groups is 1. The third-order valence-corrected chi connectivity index (χ3v) is 4.57. The lowest BCUT2D eigenvalue weighted by Crippen LogP contribution is -2.33. The number of H-pyrrole nitrogens is 1. The molecule has 1 aromatic heterocycles. The van der Waals surface area contributed by atoms with Crippen LogP contribution in [0.15, 0.2) is 62.7 Å². The monoisotopic (exact) mass is 463 g/mol. The predicted molar refractivity (Wildman–Crippen MR) is 106 cm³/mol. The number of aromatic amines is 1. The number of amides is 1. The summed E-state index contributed by atoms with van der Waals surface area (Å²) in [4.78, 5) is 15.2. The second kappa shape index (κ2) is 7.84. The molecule has 5 nitrogen and oxygen atoms in total. The Morgan fingerprint density at radius 2 is 1.92 bits per heavy atom. The zero-order valence-electron chi connectivity index (χ0n) is 13.3. The normalized spacial score (nSPS) is 12.4. The molecule has 0 saturated carbocycles. The maximum absolute atomic E-state index is 12.1. The summed E-state index contributed by atoms with van der Waals surface area (Å²) in [6.07, 6.45) is 2.79. The van der Waals surface area contributed by atoms with E-state index >= 15 is 0 Å². The fourth-order valence-electron chi connectivity index (χ4n) is 2.25. The van der Waals surface area contributed by atoms with Crippen molar-refractivity contribution in [3.8, 4) is 5.75 Å². The van der Waals surface area contributed by atoms with Crippen LogP contribution < -0.4 is 10.2 Å². The first-order chi connectivity index (χ1) is 12.0. The molecule has 1 atom stereocenters. The summed E-state index contributed by atoms with van der Waals surface area (Å²) in [5, 5.41) is 5.04. The van der Waals surface area contributed by atoms with Gasteiger partial charge in [-0.1, -0.05) is 31.9 Å². The molecule has 0 bridgehead atoms. The van der Waals surface area contributed by atoms with Crippen molar-refractivity contribution in [2.75, 3.05) is 0 Å². The summed E-state index contributed by atoms with van der Waals surface area (Å²) in [6.45, 7) is 1.68. The van der Waals surface area contributed by atoms with Crippen molar-refractivity contribution in [3.05, 3.63) is 63.2 Å². The lowest BCUT2D eigenvalue weighted by molar-refractivity contribution is -0.127. The average Bonchev–Trinajstić information content (AvgIpc) is 2.99. The molecule has 7 heteroatoms. The molecule has 3 rings (SSSR count). The lowest BCUT2D eigenvalue weighted by Gasteiger charge is -2.12. The number of aromatic nitrogens is 1. The molecule has 1 unspecified atom stereocenters. The van der Waals surface area contributed by atoms with Gasteiger partial charge in [-0.25, -0.2) is 5.43 Å². The van der Waals surface area contributed by atoms with Crippen molar-refractivity contribution in [1.29, 1.82) is 0 Å². The largest absolute Gasteiger partial charge is 0.481 e. The number of halogens is 2. The second-order valence-corrected chi connectivity index (χ2v) is 7.21. The average molecular weight is 465 g/mol. The van der Waals surface area contributed by atoms with Crippen LogP contribution in [-0.4, -0.2) is 23.2 Å². The number of fused-ring (bicyclic) bond motifs is 1. The summed E-state index contributed by atoms with van der Waals surface area (Å²) >= 11 is 6.81. The van der Waals surface area contributed by atoms with E-state index in [9.17, 15) is 4.79 Å². The maximum Gasteiger partial charge on any atom is 0.280 e. The Bertz CT molecular complexity index is 920. The number of ether oxygens (including phenoxy) is 1. The van der Waals surface area contributed by atoms with Crippen molar-refractivity contribution in [2.45, 2.75) is 13.0 Å². The van der Waals surface area contributed by atoms with E-state index in [1.165, 1.54) is 0 Å². The topological polar surface area (TPSA) is 66.5 Å². The first-order valence-corrected chi connectivity index (χ1v) is 9.13. The van der Waals surface area contributed by atoms with Crippen LogP contribution in [0.5, 0.6) is 5.75 Å². The minimum absolute atomic E-state index is 0.319. The molecule has 0 aliphatic carbocycles. The third kappa shape index (κ3) is 4.49. The van der Waals surface area contributed by atoms with Crippen molar-refractivity contribution in [1.82, 2.24) is 10.4 Å². The van der Waals surface area contributed by atoms with E-state index in [0.717, 1.165) is 25.4 Å². The van der Waals surface area contributed by atoms with Gasteiger partial charge in [0.1, 0.15) is 5.75 Å². The Hall–Kier alpha value is -2.12. The van der Waals surface area contributed by atoms with Crippen LogP contribution in [-0.2, 0) is 4.79 Å². The third-order valence-electron chi connectivity index (χ3n) is 3.55. The van der Waals surface area contributed by atoms with E-state index in [1.54, 1.807) is 25.3 Å². The minimum Gasteiger partial charge on any atom is -0.481 e. The van der Waals surface area contributed by atoms with Gasteiger partial charge in [-0.05, 0) is 49.4 Å². The molecule has 1 heterocycles. The lowest BCUT2D eigenvalue weighted by atomic mass is 10.2. The molecule has 0 aliphatic rings. The molecular formula is C18H15Br2N3O2. The van der Waals surface area contributed by atoms with Gasteiger partial charge in [-0.15, -0.1) is 0 Å². The number of rotatable bonds is 5. The fraction of sp³-hybridized carbons (Fsp3) is 0.111. The van der Waals surface area contributed by atoms with Crippen LogP contribution in [0, 0.1) is 0 Å². The van der Waals surface area contributed by atoms with Crippen LogP contribution in [0.2, 0.25) is 0 Å². The van der Waals surface area contributed by atoms with Gasteiger partial charge in [0.15, 0.2) is 6.10 Å². The molecule has 128 valence electrons. The van der Waals surface area contributed by atoms with Crippen molar-refractivity contribution in [3.63, 3.8) is 0 Å². The molecular weight excluding hydrogens is 450 g/mol. The predicted octanol–water partition coefficient (Wildman–Crippen LogP) is 4.61. The zero-order valence-corrected chi connectivity index (χ0v) is 16.5. The van der Waals surface area contributed by atoms with Gasteiger partial charge < -0.3 is 9.72 Å². The van der Waals surface area contributed by atoms with Gasteiger partial charge in [0.25, 0.3) is 5.91 Å². The summed E-state index contributed by atoms with van der Waals surface area (Å²) < 4.78 is 7.52. The highest BCUT2D eigenvalue weighted by Crippen LogP contribution is 2.21. The number of carbonyl (C=O) groups excluding carboxylic acids is 1. The minimum atomic E-state index is -0.657. The fourth-order valence-corrected chi connectivity index (χ4v) is 2.87. The van der Waals surface area contributed by atoms with E-state index in [0.29, 0.717) is 5.75 Å². The van der Waals surface area contributed by atoms with Crippen molar-refractivity contribution >= 4 is 54.9 Å². The van der Waals surface area contributed by atoms with E-state index in [4.69, 9.17) is 4.74 Å². The molecule has 0 fully saturated rings. The molecule has 0 aliphatic heterocycles. The van der Waals surface area contributed by atoms with Crippen LogP contribution in [0.25, 0.3) is 10.9 Å². The zero-order chi connectivity index (χ0) is 17.8. The van der Waals surface area contributed by atoms with Gasteiger partial charge in [0.05, 0.1) is 6.21 Å². The Balaban J connectivity index is 1.61. The molecule has 0 spiro atoms. The van der Waals surface area contributed by atoms with Gasteiger partial charge in [0, 0.05) is 31.6 Å². The number of carbonyl (C=O) groups is 1. The first kappa shape index (κ1) is 17.7. The summed E-state index contributed by atoms with van der Waals surface area (Å²) in [5.41, 5.74) is 4.39. The van der Waals surface area contributed by atoms with E-state index in [1.807, 2.05) is 36.5 Å². The van der Waals surface area contributed by atoms with Gasteiger partial charge in [-0.2, -0.15) is 5.10 Å². The van der Waals surface area contributed by atoms with Crippen LogP contribution in [0.1, 0.15) is 12.5 Å². The van der Waals surface area contributed by atoms with Gasteiger partial charge >= 0.3 is 0 Å². The van der Waals surface area contributed by atoms with Gasteiger partial charge in [0.2, 0.25) is 0 Å². The second-order valence-electron chi connectivity index (χ2n) is 5.38. The number of benzene rings is 2. The Morgan fingerprint density at radius 1 is 1.20 bits per heavy atom.